The van der Waals surface area contributed by atoms with Crippen LogP contribution in [0.15, 0.2) is 35.8 Å². The van der Waals surface area contributed by atoms with E-state index in [0.717, 1.165) is 12.8 Å². The number of likely N-dealkylation sites (tertiary alicyclic amines) is 1. The first-order valence-corrected chi connectivity index (χ1v) is 8.34. The summed E-state index contributed by atoms with van der Waals surface area (Å²) in [5, 5.41) is 14.2. The van der Waals surface area contributed by atoms with Crippen molar-refractivity contribution in [2.24, 2.45) is 0 Å². The summed E-state index contributed by atoms with van der Waals surface area (Å²) in [4.78, 5) is 31.3. The average Bonchev–Trinajstić information content (AvgIpc) is 3.11. The van der Waals surface area contributed by atoms with E-state index in [1.54, 1.807) is 17.0 Å². The molecule has 0 unspecified atom stereocenters. The third-order valence-corrected chi connectivity index (χ3v) is 4.68. The molecule has 1 aliphatic rings. The normalized spacial score (nSPS) is 17.7. The second kappa shape index (κ2) is 6.78. The Morgan fingerprint density at radius 1 is 1.30 bits per heavy atom. The Hall–Kier alpha value is -2.41. The topological polar surface area (TPSA) is 82.5 Å². The first-order valence-electron chi connectivity index (χ1n) is 7.46. The van der Waals surface area contributed by atoms with Crippen LogP contribution in [0.2, 0.25) is 0 Å². The smallest absolute Gasteiger partial charge is 0.264 e. The molecule has 0 saturated carbocycles. The molecule has 0 bridgehead atoms. The van der Waals surface area contributed by atoms with Gasteiger partial charge in [0.05, 0.1) is 4.88 Å². The van der Waals surface area contributed by atoms with E-state index >= 15 is 0 Å². The van der Waals surface area contributed by atoms with Crippen molar-refractivity contribution >= 4 is 29.0 Å². The summed E-state index contributed by atoms with van der Waals surface area (Å²) in [6.45, 7) is 0.559. The van der Waals surface area contributed by atoms with E-state index in [-0.39, 0.29) is 23.4 Å². The number of rotatable bonds is 3. The van der Waals surface area contributed by atoms with Crippen molar-refractivity contribution in [2.75, 3.05) is 11.9 Å². The summed E-state index contributed by atoms with van der Waals surface area (Å²) < 4.78 is 0. The fraction of sp³-hybridized carbons (Fsp3) is 0.312. The number of aromatic hydroxyl groups is 1. The summed E-state index contributed by atoms with van der Waals surface area (Å²) in [5.41, 5.74) is 0. The summed E-state index contributed by atoms with van der Waals surface area (Å²) in [7, 11) is 0. The quantitative estimate of drug-likeness (QED) is 0.905. The maximum atomic E-state index is 12.6. The molecule has 1 saturated heterocycles. The van der Waals surface area contributed by atoms with Crippen molar-refractivity contribution in [3.8, 4) is 5.75 Å². The molecule has 0 aromatic carbocycles. The zero-order chi connectivity index (χ0) is 16.2. The molecule has 2 aromatic rings. The van der Waals surface area contributed by atoms with Crippen molar-refractivity contribution in [3.05, 3.63) is 40.7 Å². The van der Waals surface area contributed by atoms with Crippen LogP contribution in [0.4, 0.5) is 5.82 Å². The molecule has 0 radical (unpaired) electrons. The van der Waals surface area contributed by atoms with Gasteiger partial charge in [0, 0.05) is 12.7 Å². The van der Waals surface area contributed by atoms with E-state index in [2.05, 4.69) is 10.3 Å². The predicted molar refractivity (Wildman–Crippen MR) is 87.5 cm³/mol. The van der Waals surface area contributed by atoms with Crippen molar-refractivity contribution in [2.45, 2.75) is 25.3 Å². The second-order valence-corrected chi connectivity index (χ2v) is 6.30. The number of hydrogen-bond donors (Lipinski definition) is 2. The molecule has 1 aliphatic heterocycles. The van der Waals surface area contributed by atoms with Crippen LogP contribution in [0.3, 0.4) is 0 Å². The van der Waals surface area contributed by atoms with Gasteiger partial charge in [-0.25, -0.2) is 4.98 Å². The van der Waals surface area contributed by atoms with Crippen LogP contribution >= 0.6 is 11.3 Å². The van der Waals surface area contributed by atoms with E-state index in [4.69, 9.17) is 0 Å². The SMILES string of the molecule is O=C(Nc1ncccc1O)[C@@H]1CCCCN1C(=O)c1cccs1. The number of hydrogen-bond acceptors (Lipinski definition) is 5. The maximum Gasteiger partial charge on any atom is 0.264 e. The van der Waals surface area contributed by atoms with Gasteiger partial charge in [0.2, 0.25) is 5.91 Å². The van der Waals surface area contributed by atoms with Crippen molar-refractivity contribution in [1.29, 1.82) is 0 Å². The van der Waals surface area contributed by atoms with Crippen molar-refractivity contribution < 1.29 is 14.7 Å². The molecule has 0 aliphatic carbocycles. The Bertz CT molecular complexity index is 702. The molecule has 23 heavy (non-hydrogen) atoms. The van der Waals surface area contributed by atoms with Gasteiger partial charge in [-0.1, -0.05) is 6.07 Å². The average molecular weight is 331 g/mol. The number of nitrogens with one attached hydrogen (secondary N) is 1. The molecule has 6 nitrogen and oxygen atoms in total. The summed E-state index contributed by atoms with van der Waals surface area (Å²) in [5.74, 6) is -0.409. The van der Waals surface area contributed by atoms with Gasteiger partial charge in [-0.05, 0) is 42.8 Å². The standard InChI is InChI=1S/C16H17N3O3S/c20-12-6-3-8-17-14(12)18-15(21)11-5-1-2-9-19(11)16(22)13-7-4-10-23-13/h3-4,6-8,10-11,20H,1-2,5,9H2,(H,17,18,21)/t11-/m0/s1. The first-order chi connectivity index (χ1) is 11.2. The lowest BCUT2D eigenvalue weighted by atomic mass is 10.0. The highest BCUT2D eigenvalue weighted by Gasteiger charge is 2.33. The Kier molecular flexibility index (Phi) is 4.57. The fourth-order valence-electron chi connectivity index (χ4n) is 2.68. The minimum Gasteiger partial charge on any atom is -0.504 e. The molecule has 3 rings (SSSR count). The largest absolute Gasteiger partial charge is 0.504 e. The first kappa shape index (κ1) is 15.5. The van der Waals surface area contributed by atoms with Gasteiger partial charge in [-0.2, -0.15) is 0 Å². The van der Waals surface area contributed by atoms with Crippen molar-refractivity contribution in [1.82, 2.24) is 9.88 Å². The number of piperidine rings is 1. The third kappa shape index (κ3) is 3.34. The molecule has 1 atom stereocenters. The Balaban J connectivity index is 1.77. The van der Waals surface area contributed by atoms with E-state index in [1.165, 1.54) is 23.6 Å². The number of pyridine rings is 1. The lowest BCUT2D eigenvalue weighted by Crippen LogP contribution is -2.49. The molecule has 2 aromatic heterocycles. The number of aromatic nitrogens is 1. The number of carbonyl (C=O) groups excluding carboxylic acids is 2. The number of anilines is 1. The molecular weight excluding hydrogens is 314 g/mol. The Morgan fingerprint density at radius 3 is 2.91 bits per heavy atom. The molecule has 3 heterocycles. The van der Waals surface area contributed by atoms with Gasteiger partial charge in [-0.3, -0.25) is 9.59 Å². The third-order valence-electron chi connectivity index (χ3n) is 3.83. The fourth-order valence-corrected chi connectivity index (χ4v) is 3.36. The zero-order valence-corrected chi connectivity index (χ0v) is 13.3. The second-order valence-electron chi connectivity index (χ2n) is 5.35. The van der Waals surface area contributed by atoms with Gasteiger partial charge in [0.25, 0.3) is 5.91 Å². The lowest BCUT2D eigenvalue weighted by molar-refractivity contribution is -0.121. The minimum atomic E-state index is -0.542. The molecule has 2 N–H and O–H groups in total. The summed E-state index contributed by atoms with van der Waals surface area (Å²) >= 11 is 1.37. The highest BCUT2D eigenvalue weighted by atomic mass is 32.1. The number of nitrogens with zero attached hydrogens (tertiary/aromatic N) is 2. The number of carbonyl (C=O) groups is 2. The molecule has 7 heteroatoms. The van der Waals surface area contributed by atoms with Gasteiger partial charge >= 0.3 is 0 Å². The van der Waals surface area contributed by atoms with Crippen LogP contribution in [-0.2, 0) is 4.79 Å². The van der Waals surface area contributed by atoms with Crippen LogP contribution in [0.1, 0.15) is 28.9 Å². The van der Waals surface area contributed by atoms with Crippen LogP contribution in [-0.4, -0.2) is 39.4 Å². The van der Waals surface area contributed by atoms with Gasteiger partial charge in [0.1, 0.15) is 6.04 Å². The maximum absolute atomic E-state index is 12.6. The summed E-state index contributed by atoms with van der Waals surface area (Å²) in [6, 6.07) is 6.08. The highest BCUT2D eigenvalue weighted by molar-refractivity contribution is 7.12. The highest BCUT2D eigenvalue weighted by Crippen LogP contribution is 2.24. The zero-order valence-electron chi connectivity index (χ0n) is 12.4. The Labute approximate surface area is 137 Å². The van der Waals surface area contributed by atoms with Crippen LogP contribution in [0.25, 0.3) is 0 Å². The van der Waals surface area contributed by atoms with Crippen LogP contribution < -0.4 is 5.32 Å². The number of amides is 2. The summed E-state index contributed by atoms with van der Waals surface area (Å²) in [6.07, 6.45) is 3.87. The minimum absolute atomic E-state index is 0.0900. The molecule has 2 amide bonds. The van der Waals surface area contributed by atoms with Gasteiger partial charge in [0.15, 0.2) is 11.6 Å². The monoisotopic (exact) mass is 331 g/mol. The van der Waals surface area contributed by atoms with E-state index in [9.17, 15) is 14.7 Å². The van der Waals surface area contributed by atoms with Crippen LogP contribution in [0, 0.1) is 0 Å². The molecule has 1 fully saturated rings. The molecule has 0 spiro atoms. The van der Waals surface area contributed by atoms with E-state index < -0.39 is 6.04 Å². The molecular formula is C16H17N3O3S. The van der Waals surface area contributed by atoms with Gasteiger partial charge in [-0.15, -0.1) is 11.3 Å². The van der Waals surface area contributed by atoms with Crippen molar-refractivity contribution in [3.63, 3.8) is 0 Å². The van der Waals surface area contributed by atoms with E-state index in [0.29, 0.717) is 17.8 Å². The van der Waals surface area contributed by atoms with E-state index in [1.807, 2.05) is 11.4 Å². The Morgan fingerprint density at radius 2 is 2.17 bits per heavy atom. The predicted octanol–water partition coefficient (Wildman–Crippen LogP) is 2.48. The number of thiophene rings is 1. The molecule has 120 valence electrons. The van der Waals surface area contributed by atoms with Gasteiger partial charge < -0.3 is 15.3 Å². The van der Waals surface area contributed by atoms with Crippen LogP contribution in [0.5, 0.6) is 5.75 Å². The lowest BCUT2D eigenvalue weighted by Gasteiger charge is -2.34.